The standard InChI is InChI=1S/C12H12Cl2N2O/c1-3-9(13)11-15-12(17-16-11)8-5-4-7(2)6-10(8)14/h4-6,9H,3H2,1-2H3. The molecule has 0 amide bonds. The van der Waals surface area contributed by atoms with E-state index in [1.165, 1.54) is 0 Å². The fourth-order valence-corrected chi connectivity index (χ4v) is 1.85. The van der Waals surface area contributed by atoms with Crippen LogP contribution in [0.15, 0.2) is 22.7 Å². The van der Waals surface area contributed by atoms with Crippen molar-refractivity contribution in [2.75, 3.05) is 0 Å². The summed E-state index contributed by atoms with van der Waals surface area (Å²) in [6.45, 7) is 3.94. The van der Waals surface area contributed by atoms with E-state index in [1.807, 2.05) is 32.0 Å². The van der Waals surface area contributed by atoms with Crippen LogP contribution in [0.3, 0.4) is 0 Å². The molecule has 1 heterocycles. The van der Waals surface area contributed by atoms with Gasteiger partial charge in [0, 0.05) is 0 Å². The quantitative estimate of drug-likeness (QED) is 0.777. The Morgan fingerprint density at radius 2 is 2.18 bits per heavy atom. The first-order valence-electron chi connectivity index (χ1n) is 5.36. The van der Waals surface area contributed by atoms with E-state index < -0.39 is 0 Å². The number of aryl methyl sites for hydroxylation is 1. The summed E-state index contributed by atoms with van der Waals surface area (Å²) >= 11 is 12.2. The lowest BCUT2D eigenvalue weighted by Gasteiger charge is -1.99. The molecule has 17 heavy (non-hydrogen) atoms. The molecular weight excluding hydrogens is 259 g/mol. The number of hydrogen-bond donors (Lipinski definition) is 0. The monoisotopic (exact) mass is 270 g/mol. The Hall–Kier alpha value is -1.06. The van der Waals surface area contributed by atoms with Crippen molar-refractivity contribution in [3.05, 3.63) is 34.6 Å². The van der Waals surface area contributed by atoms with Gasteiger partial charge in [0.15, 0.2) is 5.82 Å². The molecule has 0 bridgehead atoms. The van der Waals surface area contributed by atoms with Gasteiger partial charge in [-0.2, -0.15) is 4.98 Å². The van der Waals surface area contributed by atoms with Crippen LogP contribution < -0.4 is 0 Å². The average Bonchev–Trinajstić information content (AvgIpc) is 2.77. The Kier molecular flexibility index (Phi) is 3.69. The van der Waals surface area contributed by atoms with Gasteiger partial charge >= 0.3 is 0 Å². The summed E-state index contributed by atoms with van der Waals surface area (Å²) < 4.78 is 5.16. The minimum absolute atomic E-state index is 0.225. The summed E-state index contributed by atoms with van der Waals surface area (Å²) in [4.78, 5) is 4.25. The second-order valence-electron chi connectivity index (χ2n) is 3.82. The minimum Gasteiger partial charge on any atom is -0.334 e. The molecule has 5 heteroatoms. The molecule has 0 aliphatic heterocycles. The summed E-state index contributed by atoms with van der Waals surface area (Å²) in [6, 6.07) is 5.67. The first kappa shape index (κ1) is 12.4. The SMILES string of the molecule is CCC(Cl)c1noc(-c2ccc(C)cc2Cl)n1. The number of halogens is 2. The van der Waals surface area contributed by atoms with Gasteiger partial charge in [-0.3, -0.25) is 0 Å². The van der Waals surface area contributed by atoms with Crippen LogP contribution in [-0.4, -0.2) is 10.1 Å². The van der Waals surface area contributed by atoms with Gasteiger partial charge in [0.05, 0.1) is 16.0 Å². The zero-order chi connectivity index (χ0) is 12.4. The van der Waals surface area contributed by atoms with Gasteiger partial charge in [0.1, 0.15) is 0 Å². The van der Waals surface area contributed by atoms with Crippen LogP contribution in [0.25, 0.3) is 11.5 Å². The third-order valence-electron chi connectivity index (χ3n) is 2.44. The van der Waals surface area contributed by atoms with Crippen LogP contribution >= 0.6 is 23.2 Å². The van der Waals surface area contributed by atoms with E-state index >= 15 is 0 Å². The lowest BCUT2D eigenvalue weighted by Crippen LogP contribution is -1.90. The predicted molar refractivity (Wildman–Crippen MR) is 68.4 cm³/mol. The van der Waals surface area contributed by atoms with E-state index in [0.29, 0.717) is 16.7 Å². The van der Waals surface area contributed by atoms with E-state index in [4.69, 9.17) is 27.7 Å². The normalized spacial score (nSPS) is 12.7. The molecule has 0 aliphatic rings. The molecule has 2 rings (SSSR count). The molecule has 3 nitrogen and oxygen atoms in total. The number of hydrogen-bond acceptors (Lipinski definition) is 3. The molecule has 1 aromatic carbocycles. The van der Waals surface area contributed by atoms with E-state index in [-0.39, 0.29) is 5.38 Å². The lowest BCUT2D eigenvalue weighted by atomic mass is 10.1. The fourth-order valence-electron chi connectivity index (χ4n) is 1.45. The highest BCUT2D eigenvalue weighted by Gasteiger charge is 2.16. The maximum absolute atomic E-state index is 6.13. The van der Waals surface area contributed by atoms with Crippen molar-refractivity contribution in [2.24, 2.45) is 0 Å². The number of nitrogens with zero attached hydrogens (tertiary/aromatic N) is 2. The first-order chi connectivity index (χ1) is 8.11. The molecule has 1 atom stereocenters. The number of alkyl halides is 1. The van der Waals surface area contributed by atoms with Gasteiger partial charge in [-0.05, 0) is 31.0 Å². The van der Waals surface area contributed by atoms with Crippen LogP contribution in [0.5, 0.6) is 0 Å². The fraction of sp³-hybridized carbons (Fsp3) is 0.333. The highest BCUT2D eigenvalue weighted by atomic mass is 35.5. The number of aromatic nitrogens is 2. The van der Waals surface area contributed by atoms with Gasteiger partial charge in [-0.1, -0.05) is 29.7 Å². The molecule has 1 aromatic heterocycles. The van der Waals surface area contributed by atoms with Gasteiger partial charge in [0.25, 0.3) is 5.89 Å². The Labute approximate surface area is 110 Å². The Bertz CT molecular complexity index is 525. The van der Waals surface area contributed by atoms with Crippen molar-refractivity contribution in [1.29, 1.82) is 0 Å². The molecule has 2 aromatic rings. The summed E-state index contributed by atoms with van der Waals surface area (Å²) in [6.07, 6.45) is 0.752. The predicted octanol–water partition coefficient (Wildman–Crippen LogP) is 4.39. The molecule has 0 N–H and O–H groups in total. The maximum Gasteiger partial charge on any atom is 0.259 e. The van der Waals surface area contributed by atoms with Crippen molar-refractivity contribution in [1.82, 2.24) is 10.1 Å². The number of rotatable bonds is 3. The van der Waals surface area contributed by atoms with Gasteiger partial charge in [-0.25, -0.2) is 0 Å². The van der Waals surface area contributed by atoms with Gasteiger partial charge in [0.2, 0.25) is 0 Å². The smallest absolute Gasteiger partial charge is 0.259 e. The third kappa shape index (κ3) is 2.61. The molecule has 0 saturated heterocycles. The summed E-state index contributed by atoms with van der Waals surface area (Å²) in [5.41, 5.74) is 1.82. The topological polar surface area (TPSA) is 38.9 Å². The van der Waals surface area contributed by atoms with E-state index in [9.17, 15) is 0 Å². The van der Waals surface area contributed by atoms with E-state index in [0.717, 1.165) is 17.5 Å². The maximum atomic E-state index is 6.13. The van der Waals surface area contributed by atoms with Crippen LogP contribution in [0.1, 0.15) is 30.1 Å². The molecular formula is C12H12Cl2N2O. The summed E-state index contributed by atoms with van der Waals surface area (Å²) in [5, 5.41) is 4.22. The van der Waals surface area contributed by atoms with Gasteiger partial charge in [-0.15, -0.1) is 11.6 Å². The minimum atomic E-state index is -0.225. The molecule has 0 radical (unpaired) electrons. The zero-order valence-corrected chi connectivity index (χ0v) is 11.1. The second kappa shape index (κ2) is 5.07. The molecule has 0 spiro atoms. The van der Waals surface area contributed by atoms with Gasteiger partial charge < -0.3 is 4.52 Å². The highest BCUT2D eigenvalue weighted by molar-refractivity contribution is 6.33. The van der Waals surface area contributed by atoms with Crippen LogP contribution in [0, 0.1) is 6.92 Å². The molecule has 0 aliphatic carbocycles. The summed E-state index contributed by atoms with van der Waals surface area (Å²) in [5.74, 6) is 0.907. The lowest BCUT2D eigenvalue weighted by molar-refractivity contribution is 0.421. The molecule has 90 valence electrons. The van der Waals surface area contributed by atoms with E-state index in [2.05, 4.69) is 10.1 Å². The van der Waals surface area contributed by atoms with Crippen LogP contribution in [-0.2, 0) is 0 Å². The third-order valence-corrected chi connectivity index (χ3v) is 3.25. The van der Waals surface area contributed by atoms with Crippen LogP contribution in [0.2, 0.25) is 5.02 Å². The zero-order valence-electron chi connectivity index (χ0n) is 9.58. The Balaban J connectivity index is 2.37. The molecule has 1 unspecified atom stereocenters. The summed E-state index contributed by atoms with van der Waals surface area (Å²) in [7, 11) is 0. The van der Waals surface area contributed by atoms with Crippen molar-refractivity contribution in [3.8, 4) is 11.5 Å². The first-order valence-corrected chi connectivity index (χ1v) is 6.17. The number of benzene rings is 1. The van der Waals surface area contributed by atoms with Crippen molar-refractivity contribution in [3.63, 3.8) is 0 Å². The molecule has 0 saturated carbocycles. The van der Waals surface area contributed by atoms with Crippen molar-refractivity contribution < 1.29 is 4.52 Å². The van der Waals surface area contributed by atoms with Crippen molar-refractivity contribution >= 4 is 23.2 Å². The second-order valence-corrected chi connectivity index (χ2v) is 4.75. The Morgan fingerprint density at radius 3 is 2.82 bits per heavy atom. The van der Waals surface area contributed by atoms with Crippen molar-refractivity contribution in [2.45, 2.75) is 25.6 Å². The highest BCUT2D eigenvalue weighted by Crippen LogP contribution is 2.29. The van der Waals surface area contributed by atoms with E-state index in [1.54, 1.807) is 0 Å². The molecule has 0 fully saturated rings. The average molecular weight is 271 g/mol. The van der Waals surface area contributed by atoms with Crippen LogP contribution in [0.4, 0.5) is 0 Å². The largest absolute Gasteiger partial charge is 0.334 e. The Morgan fingerprint density at radius 1 is 1.41 bits per heavy atom.